The summed E-state index contributed by atoms with van der Waals surface area (Å²) < 4.78 is 0. The first kappa shape index (κ1) is 22.0. The van der Waals surface area contributed by atoms with E-state index in [9.17, 15) is 5.11 Å². The van der Waals surface area contributed by atoms with E-state index in [1.165, 1.54) is 12.1 Å². The van der Waals surface area contributed by atoms with Crippen LogP contribution >= 0.6 is 11.6 Å². The molecule has 5 rings (SSSR count). The maximum atomic E-state index is 9.64. The van der Waals surface area contributed by atoms with Gasteiger partial charge in [0.15, 0.2) is 0 Å². The molecule has 4 nitrogen and oxygen atoms in total. The van der Waals surface area contributed by atoms with E-state index in [2.05, 4.69) is 50.9 Å². The van der Waals surface area contributed by atoms with E-state index in [4.69, 9.17) is 11.6 Å². The van der Waals surface area contributed by atoms with Crippen LogP contribution in [0.25, 0.3) is 11.1 Å². The summed E-state index contributed by atoms with van der Waals surface area (Å²) in [5, 5.41) is 10.4. The zero-order valence-corrected chi connectivity index (χ0v) is 19.4. The van der Waals surface area contributed by atoms with Gasteiger partial charge in [0.1, 0.15) is 5.69 Å². The Morgan fingerprint density at radius 1 is 0.909 bits per heavy atom. The molecule has 2 aromatic carbocycles. The van der Waals surface area contributed by atoms with Crippen molar-refractivity contribution in [2.24, 2.45) is 0 Å². The van der Waals surface area contributed by atoms with Gasteiger partial charge in [0.25, 0.3) is 0 Å². The van der Waals surface area contributed by atoms with Crippen LogP contribution in [0.3, 0.4) is 0 Å². The quantitative estimate of drug-likeness (QED) is 0.569. The predicted molar refractivity (Wildman–Crippen MR) is 135 cm³/mol. The molecule has 0 saturated carbocycles. The Morgan fingerprint density at radius 2 is 1.70 bits per heavy atom. The molecule has 2 atom stereocenters. The van der Waals surface area contributed by atoms with Crippen LogP contribution in [-0.4, -0.2) is 53.3 Å². The number of nitrogens with zero attached hydrogens (tertiary/aromatic N) is 3. The van der Waals surface area contributed by atoms with Crippen molar-refractivity contribution < 1.29 is 5.11 Å². The van der Waals surface area contributed by atoms with Crippen molar-refractivity contribution in [2.45, 2.75) is 31.3 Å². The number of pyridine rings is 1. The van der Waals surface area contributed by atoms with E-state index in [-0.39, 0.29) is 6.61 Å². The Kier molecular flexibility index (Phi) is 6.64. The van der Waals surface area contributed by atoms with Gasteiger partial charge in [0, 0.05) is 53.2 Å². The number of aliphatic hydroxyl groups excluding tert-OH is 1. The summed E-state index contributed by atoms with van der Waals surface area (Å²) >= 11 is 5.97. The van der Waals surface area contributed by atoms with Crippen LogP contribution in [0.2, 0.25) is 5.02 Å². The van der Waals surface area contributed by atoms with Gasteiger partial charge in [-0.1, -0.05) is 35.7 Å². The fourth-order valence-electron chi connectivity index (χ4n) is 4.95. The Balaban J connectivity index is 1.21. The highest BCUT2D eigenvalue weighted by atomic mass is 35.5. The van der Waals surface area contributed by atoms with Crippen LogP contribution in [0, 0.1) is 11.8 Å². The molecule has 3 aromatic rings. The Morgan fingerprint density at radius 3 is 2.42 bits per heavy atom. The number of hydrogen-bond acceptors (Lipinski definition) is 4. The maximum Gasteiger partial charge on any atom is 0.113 e. The molecule has 2 aliphatic heterocycles. The number of aromatic nitrogens is 1. The third kappa shape index (κ3) is 5.07. The second kappa shape index (κ2) is 9.97. The Bertz CT molecular complexity index is 1130. The molecule has 0 spiro atoms. The van der Waals surface area contributed by atoms with E-state index >= 15 is 0 Å². The molecule has 0 bridgehead atoms. The molecule has 33 heavy (non-hydrogen) atoms. The standard InChI is InChI=1S/C28H28ClN3O/c29-24-9-6-22(7-10-24)23-8-12-25(30-18-23)11-3-21-4-13-26(14-5-21)31-17-15-27(19-31)32-16-1-2-28(32)20-33/h4-10,12-14,18,27-28,33H,1-2,15-17,19-20H2/t27-,28?/m0/s1. The minimum Gasteiger partial charge on any atom is -0.395 e. The summed E-state index contributed by atoms with van der Waals surface area (Å²) in [6.07, 6.45) is 5.34. The molecule has 168 valence electrons. The second-order valence-corrected chi connectivity index (χ2v) is 9.28. The molecule has 2 saturated heterocycles. The maximum absolute atomic E-state index is 9.64. The Labute approximate surface area is 200 Å². The van der Waals surface area contributed by atoms with Crippen LogP contribution < -0.4 is 4.90 Å². The first-order chi connectivity index (χ1) is 16.2. The van der Waals surface area contributed by atoms with E-state index in [0.717, 1.165) is 59.9 Å². The summed E-state index contributed by atoms with van der Waals surface area (Å²) in [6.45, 7) is 3.50. The number of anilines is 1. The molecule has 0 aliphatic carbocycles. The minimum absolute atomic E-state index is 0.280. The molecule has 0 amide bonds. The van der Waals surface area contributed by atoms with Gasteiger partial charge in [0.05, 0.1) is 6.61 Å². The Hall–Kier alpha value is -2.84. The zero-order chi connectivity index (χ0) is 22.6. The minimum atomic E-state index is 0.280. The van der Waals surface area contributed by atoms with Crippen molar-refractivity contribution in [3.8, 4) is 23.0 Å². The molecule has 5 heteroatoms. The summed E-state index contributed by atoms with van der Waals surface area (Å²) in [5.41, 5.74) is 5.11. The van der Waals surface area contributed by atoms with Crippen molar-refractivity contribution in [1.82, 2.24) is 9.88 Å². The zero-order valence-electron chi connectivity index (χ0n) is 18.6. The van der Waals surface area contributed by atoms with Gasteiger partial charge in [-0.2, -0.15) is 0 Å². The number of benzene rings is 2. The fraction of sp³-hybridized carbons (Fsp3) is 0.321. The van der Waals surface area contributed by atoms with Crippen LogP contribution in [0.5, 0.6) is 0 Å². The van der Waals surface area contributed by atoms with Gasteiger partial charge in [-0.15, -0.1) is 0 Å². The molecule has 2 aliphatic rings. The van der Waals surface area contributed by atoms with E-state index < -0.39 is 0 Å². The van der Waals surface area contributed by atoms with Crippen molar-refractivity contribution >= 4 is 17.3 Å². The molecule has 1 N–H and O–H groups in total. The van der Waals surface area contributed by atoms with E-state index in [0.29, 0.717) is 12.1 Å². The fourth-order valence-corrected chi connectivity index (χ4v) is 5.08. The first-order valence-corrected chi connectivity index (χ1v) is 12.0. The lowest BCUT2D eigenvalue weighted by molar-refractivity contribution is 0.126. The first-order valence-electron chi connectivity index (χ1n) is 11.7. The van der Waals surface area contributed by atoms with Crippen molar-refractivity contribution in [3.05, 3.63) is 83.1 Å². The number of rotatable bonds is 4. The summed E-state index contributed by atoms with van der Waals surface area (Å²) in [5.74, 6) is 6.39. The van der Waals surface area contributed by atoms with Crippen LogP contribution in [0.1, 0.15) is 30.5 Å². The number of likely N-dealkylation sites (tertiary alicyclic amines) is 1. The van der Waals surface area contributed by atoms with E-state index in [1.807, 2.05) is 42.6 Å². The topological polar surface area (TPSA) is 39.6 Å². The van der Waals surface area contributed by atoms with Crippen LogP contribution in [0.4, 0.5) is 5.69 Å². The number of halogens is 1. The highest BCUT2D eigenvalue weighted by Gasteiger charge is 2.34. The van der Waals surface area contributed by atoms with Crippen LogP contribution in [0.15, 0.2) is 66.9 Å². The van der Waals surface area contributed by atoms with Gasteiger partial charge in [-0.25, -0.2) is 4.98 Å². The lowest BCUT2D eigenvalue weighted by Crippen LogP contribution is -2.42. The van der Waals surface area contributed by atoms with Crippen molar-refractivity contribution in [3.63, 3.8) is 0 Å². The summed E-state index contributed by atoms with van der Waals surface area (Å²) in [4.78, 5) is 9.46. The molecular weight excluding hydrogens is 430 g/mol. The lowest BCUT2D eigenvalue weighted by atomic mass is 10.1. The van der Waals surface area contributed by atoms with Gasteiger partial charge in [0.2, 0.25) is 0 Å². The third-order valence-electron chi connectivity index (χ3n) is 6.77. The highest BCUT2D eigenvalue weighted by Crippen LogP contribution is 2.28. The average Bonchev–Trinajstić information content (AvgIpc) is 3.53. The molecule has 1 unspecified atom stereocenters. The van der Waals surface area contributed by atoms with Crippen molar-refractivity contribution in [2.75, 3.05) is 31.1 Å². The van der Waals surface area contributed by atoms with Crippen LogP contribution in [-0.2, 0) is 0 Å². The van der Waals surface area contributed by atoms with Gasteiger partial charge < -0.3 is 10.0 Å². The van der Waals surface area contributed by atoms with E-state index in [1.54, 1.807) is 0 Å². The van der Waals surface area contributed by atoms with Gasteiger partial charge >= 0.3 is 0 Å². The molecule has 2 fully saturated rings. The SMILES string of the molecule is OCC1CCCN1[C@H]1CCN(c2ccc(C#Cc3ccc(-c4ccc(Cl)cc4)cn3)cc2)C1. The number of hydrogen-bond donors (Lipinski definition) is 1. The third-order valence-corrected chi connectivity index (χ3v) is 7.03. The molecule has 1 aromatic heterocycles. The molecule has 3 heterocycles. The largest absolute Gasteiger partial charge is 0.395 e. The second-order valence-electron chi connectivity index (χ2n) is 8.84. The van der Waals surface area contributed by atoms with Crippen molar-refractivity contribution in [1.29, 1.82) is 0 Å². The lowest BCUT2D eigenvalue weighted by Gasteiger charge is -2.29. The van der Waals surface area contributed by atoms with Gasteiger partial charge in [-0.3, -0.25) is 4.90 Å². The normalized spacial score (nSPS) is 20.6. The van der Waals surface area contributed by atoms with Gasteiger partial charge in [-0.05, 0) is 79.8 Å². The average molecular weight is 458 g/mol. The number of aliphatic hydroxyl groups is 1. The molecular formula is C28H28ClN3O. The predicted octanol–water partition coefficient (Wildman–Crippen LogP) is 4.84. The smallest absolute Gasteiger partial charge is 0.113 e. The summed E-state index contributed by atoms with van der Waals surface area (Å²) in [7, 11) is 0. The highest BCUT2D eigenvalue weighted by molar-refractivity contribution is 6.30. The molecule has 0 radical (unpaired) electrons. The monoisotopic (exact) mass is 457 g/mol. The summed E-state index contributed by atoms with van der Waals surface area (Å²) in [6, 6.07) is 21.1.